The molecule has 0 N–H and O–H groups in total. The minimum absolute atomic E-state index is 0.375. The number of benzene rings is 1. The Balaban J connectivity index is 2.24. The van der Waals surface area contributed by atoms with E-state index >= 15 is 0 Å². The highest BCUT2D eigenvalue weighted by Gasteiger charge is 2.09. The maximum absolute atomic E-state index is 5.45. The average molecular weight is 315 g/mol. The quantitative estimate of drug-likeness (QED) is 0.393. The van der Waals surface area contributed by atoms with Crippen molar-refractivity contribution in [3.8, 4) is 0 Å². The predicted octanol–water partition coefficient (Wildman–Crippen LogP) is 5.38. The van der Waals surface area contributed by atoms with Gasteiger partial charge in [0, 0.05) is 14.0 Å². The Morgan fingerprint density at radius 3 is 2.56 bits per heavy atom. The first-order chi connectivity index (χ1) is 8.59. The highest BCUT2D eigenvalue weighted by molar-refractivity contribution is 8.47. The van der Waals surface area contributed by atoms with Crippen LogP contribution in [0, 0.1) is 0 Å². The van der Waals surface area contributed by atoms with Gasteiger partial charge in [-0.3, -0.25) is 0 Å². The van der Waals surface area contributed by atoms with Crippen LogP contribution in [0.3, 0.4) is 0 Å². The lowest BCUT2D eigenvalue weighted by molar-refractivity contribution is 1.08. The molecule has 0 saturated carbocycles. The molecule has 1 aromatic rings. The molecule has 0 saturated heterocycles. The SMILES string of the molecule is CC(SC(=S)SCCC[SiH](C)C)c1ccccc1. The molecule has 100 valence electrons. The summed E-state index contributed by atoms with van der Waals surface area (Å²) in [7, 11) is -0.375. The van der Waals surface area contributed by atoms with Crippen molar-refractivity contribution in [1.29, 1.82) is 0 Å². The Bertz CT molecular complexity index is 351. The highest BCUT2D eigenvalue weighted by atomic mass is 32.2. The number of hydrogen-bond acceptors (Lipinski definition) is 3. The zero-order valence-corrected chi connectivity index (χ0v) is 15.0. The second kappa shape index (κ2) is 9.18. The third-order valence-electron chi connectivity index (χ3n) is 2.69. The fourth-order valence-corrected chi connectivity index (χ4v) is 5.63. The first-order valence-electron chi connectivity index (χ1n) is 6.48. The van der Waals surface area contributed by atoms with Crippen LogP contribution in [-0.4, -0.2) is 18.1 Å². The standard InChI is InChI=1S/C14H22S3Si/c1-12(13-8-5-4-6-9-13)17-14(15)16-10-7-11-18(2)3/h4-6,8-9,12,18H,7,10-11H2,1-3H3. The van der Waals surface area contributed by atoms with E-state index in [1.54, 1.807) is 0 Å². The van der Waals surface area contributed by atoms with Gasteiger partial charge in [-0.1, -0.05) is 73.4 Å². The van der Waals surface area contributed by atoms with Gasteiger partial charge < -0.3 is 0 Å². The molecule has 1 aromatic carbocycles. The summed E-state index contributed by atoms with van der Waals surface area (Å²) in [4.78, 5) is 0. The van der Waals surface area contributed by atoms with E-state index in [4.69, 9.17) is 12.2 Å². The Hall–Kier alpha value is 0.227. The van der Waals surface area contributed by atoms with Crippen LogP contribution in [0.25, 0.3) is 0 Å². The Morgan fingerprint density at radius 2 is 1.94 bits per heavy atom. The van der Waals surface area contributed by atoms with Gasteiger partial charge >= 0.3 is 0 Å². The molecule has 0 fully saturated rings. The number of thiocarbonyl (C=S) groups is 1. The van der Waals surface area contributed by atoms with Crippen molar-refractivity contribution in [2.24, 2.45) is 0 Å². The van der Waals surface area contributed by atoms with Gasteiger partial charge in [-0.05, 0) is 24.7 Å². The maximum atomic E-state index is 5.45. The van der Waals surface area contributed by atoms with Crippen LogP contribution in [0.15, 0.2) is 30.3 Å². The molecular formula is C14H22S3Si. The van der Waals surface area contributed by atoms with Crippen molar-refractivity contribution in [1.82, 2.24) is 0 Å². The molecule has 0 aliphatic rings. The summed E-state index contributed by atoms with van der Waals surface area (Å²) in [6.07, 6.45) is 1.33. The van der Waals surface area contributed by atoms with Crippen LogP contribution in [0.5, 0.6) is 0 Å². The minimum Gasteiger partial charge on any atom is -0.108 e. The van der Waals surface area contributed by atoms with E-state index in [1.807, 2.05) is 23.5 Å². The topological polar surface area (TPSA) is 0 Å². The Morgan fingerprint density at radius 1 is 1.28 bits per heavy atom. The molecule has 0 aromatic heterocycles. The lowest BCUT2D eigenvalue weighted by atomic mass is 10.2. The van der Waals surface area contributed by atoms with Crippen molar-refractivity contribution in [2.45, 2.75) is 37.7 Å². The molecule has 18 heavy (non-hydrogen) atoms. The van der Waals surface area contributed by atoms with Gasteiger partial charge in [0.2, 0.25) is 0 Å². The average Bonchev–Trinajstić information content (AvgIpc) is 2.35. The molecule has 0 aliphatic carbocycles. The smallest absolute Gasteiger partial charge is 0.104 e. The number of thioether (sulfide) groups is 2. The van der Waals surface area contributed by atoms with Crippen molar-refractivity contribution in [2.75, 3.05) is 5.75 Å². The predicted molar refractivity (Wildman–Crippen MR) is 95.8 cm³/mol. The van der Waals surface area contributed by atoms with E-state index in [1.165, 1.54) is 23.8 Å². The van der Waals surface area contributed by atoms with Crippen LogP contribution in [-0.2, 0) is 0 Å². The van der Waals surface area contributed by atoms with Crippen molar-refractivity contribution in [3.63, 3.8) is 0 Å². The molecule has 0 spiro atoms. The van der Waals surface area contributed by atoms with E-state index in [0.29, 0.717) is 5.25 Å². The molecular weight excluding hydrogens is 292 g/mol. The second-order valence-electron chi connectivity index (χ2n) is 4.81. The molecule has 0 nitrogen and oxygen atoms in total. The molecule has 0 heterocycles. The highest BCUT2D eigenvalue weighted by Crippen LogP contribution is 2.33. The lowest BCUT2D eigenvalue weighted by Crippen LogP contribution is -1.99. The number of rotatable bonds is 6. The molecule has 0 amide bonds. The largest absolute Gasteiger partial charge is 0.108 e. The number of hydrogen-bond donors (Lipinski definition) is 0. The van der Waals surface area contributed by atoms with Gasteiger partial charge in [-0.25, -0.2) is 0 Å². The summed E-state index contributed by atoms with van der Waals surface area (Å²) in [6.45, 7) is 7.05. The van der Waals surface area contributed by atoms with Gasteiger partial charge in [0.25, 0.3) is 0 Å². The monoisotopic (exact) mass is 314 g/mol. The van der Waals surface area contributed by atoms with Crippen molar-refractivity contribution < 1.29 is 0 Å². The second-order valence-corrected chi connectivity index (χ2v) is 11.8. The fourth-order valence-electron chi connectivity index (χ4n) is 1.62. The zero-order valence-electron chi connectivity index (χ0n) is 11.4. The molecule has 0 radical (unpaired) electrons. The first kappa shape index (κ1) is 16.3. The van der Waals surface area contributed by atoms with Crippen LogP contribution < -0.4 is 0 Å². The van der Waals surface area contributed by atoms with Crippen LogP contribution in [0.4, 0.5) is 0 Å². The van der Waals surface area contributed by atoms with Crippen molar-refractivity contribution in [3.05, 3.63) is 35.9 Å². The summed E-state index contributed by atoms with van der Waals surface area (Å²) < 4.78 is 1.09. The van der Waals surface area contributed by atoms with E-state index in [-0.39, 0.29) is 8.80 Å². The molecule has 1 atom stereocenters. The Labute approximate surface area is 127 Å². The van der Waals surface area contributed by atoms with Gasteiger partial charge in [0.05, 0.1) is 0 Å². The normalized spacial score (nSPS) is 12.7. The molecule has 1 unspecified atom stereocenters. The van der Waals surface area contributed by atoms with E-state index < -0.39 is 0 Å². The summed E-state index contributed by atoms with van der Waals surface area (Å²) in [5.74, 6) is 1.19. The Kier molecular flexibility index (Phi) is 8.31. The minimum atomic E-state index is -0.375. The summed E-state index contributed by atoms with van der Waals surface area (Å²) in [5, 5.41) is 0.464. The van der Waals surface area contributed by atoms with Crippen molar-refractivity contribution >= 4 is 48.1 Å². The molecule has 4 heteroatoms. The first-order valence-corrected chi connectivity index (χ1v) is 11.9. The zero-order chi connectivity index (χ0) is 13.4. The third kappa shape index (κ3) is 6.97. The van der Waals surface area contributed by atoms with E-state index in [0.717, 1.165) is 3.53 Å². The molecule has 0 bridgehead atoms. The van der Waals surface area contributed by atoms with E-state index in [9.17, 15) is 0 Å². The van der Waals surface area contributed by atoms with Gasteiger partial charge in [0.15, 0.2) is 0 Å². The van der Waals surface area contributed by atoms with Crippen LogP contribution in [0.1, 0.15) is 24.2 Å². The van der Waals surface area contributed by atoms with Gasteiger partial charge in [-0.2, -0.15) is 0 Å². The van der Waals surface area contributed by atoms with Gasteiger partial charge in [0.1, 0.15) is 3.53 Å². The fraction of sp³-hybridized carbons (Fsp3) is 0.500. The summed E-state index contributed by atoms with van der Waals surface area (Å²) in [6, 6.07) is 12.0. The summed E-state index contributed by atoms with van der Waals surface area (Å²) in [5.41, 5.74) is 1.36. The lowest BCUT2D eigenvalue weighted by Gasteiger charge is -2.12. The third-order valence-corrected chi connectivity index (χ3v) is 7.08. The summed E-state index contributed by atoms with van der Waals surface area (Å²) >= 11 is 9.12. The van der Waals surface area contributed by atoms with Gasteiger partial charge in [-0.15, -0.1) is 11.8 Å². The maximum Gasteiger partial charge on any atom is 0.104 e. The van der Waals surface area contributed by atoms with Crippen LogP contribution >= 0.6 is 35.7 Å². The molecule has 1 rings (SSSR count). The van der Waals surface area contributed by atoms with Crippen LogP contribution in [0.2, 0.25) is 19.1 Å². The molecule has 0 aliphatic heterocycles. The van der Waals surface area contributed by atoms with E-state index in [2.05, 4.69) is 50.3 Å².